The average molecular weight is 361 g/mol. The van der Waals surface area contributed by atoms with Gasteiger partial charge in [0.2, 0.25) is 0 Å². The minimum absolute atomic E-state index is 0.0687. The smallest absolute Gasteiger partial charge is 0.279 e. The van der Waals surface area contributed by atoms with Crippen LogP contribution >= 0.6 is 23.4 Å². The lowest BCUT2D eigenvalue weighted by atomic mass is 10.1. The van der Waals surface area contributed by atoms with Crippen molar-refractivity contribution in [1.29, 1.82) is 5.26 Å². The number of quaternary nitrogens is 1. The number of nitrogens with zero attached hydrogens (tertiary/aromatic N) is 1. The fraction of sp³-hybridized carbons (Fsp3) is 0.222. The van der Waals surface area contributed by atoms with Crippen LogP contribution in [0.25, 0.3) is 0 Å². The molecule has 0 aromatic heterocycles. The molecule has 0 aliphatic heterocycles. The second-order valence-corrected chi connectivity index (χ2v) is 6.72. The fourth-order valence-corrected chi connectivity index (χ4v) is 2.99. The summed E-state index contributed by atoms with van der Waals surface area (Å²) in [4.78, 5) is 13.1. The number of nitriles is 1. The van der Waals surface area contributed by atoms with Gasteiger partial charge < -0.3 is 10.6 Å². The highest BCUT2D eigenvalue weighted by atomic mass is 35.5. The Morgan fingerprint density at radius 3 is 2.71 bits per heavy atom. The number of rotatable bonds is 7. The van der Waals surface area contributed by atoms with E-state index >= 15 is 0 Å². The maximum atomic E-state index is 12.2. The first-order chi connectivity index (χ1) is 11.6. The van der Waals surface area contributed by atoms with Gasteiger partial charge in [0.1, 0.15) is 6.04 Å². The molecule has 0 aliphatic rings. The molecular formula is C18H19ClN3OS+. The molecule has 1 amide bonds. The highest BCUT2D eigenvalue weighted by Crippen LogP contribution is 2.26. The molecule has 0 saturated carbocycles. The third-order valence-electron chi connectivity index (χ3n) is 3.51. The van der Waals surface area contributed by atoms with E-state index in [-0.39, 0.29) is 11.9 Å². The number of nitrogens with one attached hydrogen (secondary N) is 1. The fourth-order valence-electron chi connectivity index (χ4n) is 2.19. The molecular weight excluding hydrogens is 342 g/mol. The molecule has 124 valence electrons. The number of hydrogen-bond acceptors (Lipinski definition) is 3. The minimum Gasteiger partial charge on any atom is -0.333 e. The van der Waals surface area contributed by atoms with Gasteiger partial charge in [-0.1, -0.05) is 35.9 Å². The van der Waals surface area contributed by atoms with E-state index < -0.39 is 0 Å². The lowest BCUT2D eigenvalue weighted by molar-refractivity contribution is -0.682. The van der Waals surface area contributed by atoms with E-state index in [0.717, 1.165) is 16.1 Å². The lowest BCUT2D eigenvalue weighted by Crippen LogP contribution is -2.86. The summed E-state index contributed by atoms with van der Waals surface area (Å²) in [6.45, 7) is 2.37. The van der Waals surface area contributed by atoms with Crippen molar-refractivity contribution in [1.82, 2.24) is 0 Å². The quantitative estimate of drug-likeness (QED) is 0.745. The van der Waals surface area contributed by atoms with Crippen molar-refractivity contribution in [3.63, 3.8) is 0 Å². The molecule has 2 aromatic rings. The van der Waals surface area contributed by atoms with E-state index in [9.17, 15) is 4.79 Å². The van der Waals surface area contributed by atoms with Gasteiger partial charge in [0.05, 0.1) is 17.5 Å². The second kappa shape index (κ2) is 9.33. The summed E-state index contributed by atoms with van der Waals surface area (Å²) in [6.07, 6.45) is 0. The Morgan fingerprint density at radius 2 is 2.00 bits per heavy atom. The van der Waals surface area contributed by atoms with Crippen molar-refractivity contribution in [2.45, 2.75) is 17.9 Å². The third kappa shape index (κ3) is 5.57. The Morgan fingerprint density at radius 1 is 1.29 bits per heavy atom. The van der Waals surface area contributed by atoms with Gasteiger partial charge in [0.15, 0.2) is 6.54 Å². The monoisotopic (exact) mass is 360 g/mol. The van der Waals surface area contributed by atoms with E-state index in [4.69, 9.17) is 16.9 Å². The van der Waals surface area contributed by atoms with Gasteiger partial charge >= 0.3 is 0 Å². The number of anilines is 1. The second-order valence-electron chi connectivity index (χ2n) is 5.27. The van der Waals surface area contributed by atoms with Gasteiger partial charge in [-0.05, 0) is 31.2 Å². The van der Waals surface area contributed by atoms with Crippen molar-refractivity contribution in [2.24, 2.45) is 0 Å². The number of amides is 1. The molecule has 0 bridgehead atoms. The van der Waals surface area contributed by atoms with Gasteiger partial charge in [-0.2, -0.15) is 5.26 Å². The zero-order chi connectivity index (χ0) is 17.4. The average Bonchev–Trinajstić information content (AvgIpc) is 2.59. The molecule has 4 nitrogen and oxygen atoms in total. The third-order valence-corrected chi connectivity index (χ3v) is 4.70. The van der Waals surface area contributed by atoms with Crippen LogP contribution in [0, 0.1) is 11.3 Å². The van der Waals surface area contributed by atoms with Crippen LogP contribution in [-0.4, -0.2) is 18.2 Å². The predicted octanol–water partition coefficient (Wildman–Crippen LogP) is 3.22. The van der Waals surface area contributed by atoms with E-state index in [1.165, 1.54) is 11.8 Å². The number of hydrogen-bond donors (Lipinski definition) is 2. The van der Waals surface area contributed by atoms with Gasteiger partial charge in [-0.15, -0.1) is 11.8 Å². The number of carbonyl (C=O) groups excluding carboxylic acids is 1. The molecule has 0 aliphatic carbocycles. The van der Waals surface area contributed by atoms with Gasteiger partial charge in [0, 0.05) is 15.5 Å². The largest absolute Gasteiger partial charge is 0.333 e. The summed E-state index contributed by atoms with van der Waals surface area (Å²) in [6, 6.07) is 17.4. The Bertz CT molecular complexity index is 728. The van der Waals surface area contributed by atoms with Crippen molar-refractivity contribution in [3.8, 4) is 6.07 Å². The molecule has 24 heavy (non-hydrogen) atoms. The first-order valence-corrected chi connectivity index (χ1v) is 8.94. The summed E-state index contributed by atoms with van der Waals surface area (Å²) in [5.74, 6) is 0.285. The number of nitrogens with two attached hydrogens (primary N) is 1. The van der Waals surface area contributed by atoms with Gasteiger partial charge in [-0.25, -0.2) is 0 Å². The zero-order valence-electron chi connectivity index (χ0n) is 13.3. The minimum atomic E-state index is -0.0687. The molecule has 0 saturated heterocycles. The summed E-state index contributed by atoms with van der Waals surface area (Å²) in [5, 5.41) is 14.3. The molecule has 0 heterocycles. The lowest BCUT2D eigenvalue weighted by Gasteiger charge is -2.12. The van der Waals surface area contributed by atoms with E-state index in [1.54, 1.807) is 0 Å². The Kier molecular flexibility index (Phi) is 7.13. The highest BCUT2D eigenvalue weighted by Gasteiger charge is 2.13. The van der Waals surface area contributed by atoms with Crippen molar-refractivity contribution >= 4 is 35.0 Å². The standard InChI is InChI=1S/C18H18ClN3OS/c1-13(14-6-8-15(19)9-7-14)21-12-18(23)22-16-4-2-3-5-17(16)24-11-10-20/h2-9,13,21H,11-12H2,1H3,(H,22,23)/p+1/t13-/m0/s1. The highest BCUT2D eigenvalue weighted by molar-refractivity contribution is 7.99. The number of halogens is 1. The van der Waals surface area contributed by atoms with Crippen molar-refractivity contribution in [2.75, 3.05) is 17.6 Å². The first kappa shape index (κ1) is 18.3. The van der Waals surface area contributed by atoms with Gasteiger partial charge in [0.25, 0.3) is 5.91 Å². The molecule has 3 N–H and O–H groups in total. The van der Waals surface area contributed by atoms with Crippen molar-refractivity contribution in [3.05, 3.63) is 59.1 Å². The first-order valence-electron chi connectivity index (χ1n) is 7.57. The van der Waals surface area contributed by atoms with Crippen LogP contribution in [0.1, 0.15) is 18.5 Å². The van der Waals surface area contributed by atoms with E-state index in [1.807, 2.05) is 60.8 Å². The number of carbonyl (C=O) groups is 1. The summed E-state index contributed by atoms with van der Waals surface area (Å²) >= 11 is 7.30. The van der Waals surface area contributed by atoms with Crippen LogP contribution in [0.3, 0.4) is 0 Å². The molecule has 2 rings (SSSR count). The molecule has 0 fully saturated rings. The van der Waals surface area contributed by atoms with E-state index in [2.05, 4.69) is 11.4 Å². The maximum Gasteiger partial charge on any atom is 0.279 e. The van der Waals surface area contributed by atoms with Crippen LogP contribution in [0.5, 0.6) is 0 Å². The number of para-hydroxylation sites is 1. The zero-order valence-corrected chi connectivity index (χ0v) is 14.9. The molecule has 2 aromatic carbocycles. The molecule has 6 heteroatoms. The Hall–Kier alpha value is -2.00. The van der Waals surface area contributed by atoms with Crippen molar-refractivity contribution < 1.29 is 10.1 Å². The molecule has 0 unspecified atom stereocenters. The normalized spacial score (nSPS) is 11.5. The van der Waals surface area contributed by atoms with Crippen LogP contribution in [-0.2, 0) is 4.79 Å². The molecule has 1 atom stereocenters. The van der Waals surface area contributed by atoms with Crippen LogP contribution < -0.4 is 10.6 Å². The SMILES string of the molecule is C[C@H]([NH2+]CC(=O)Nc1ccccc1SCC#N)c1ccc(Cl)cc1. The van der Waals surface area contributed by atoms with Gasteiger partial charge in [-0.3, -0.25) is 4.79 Å². The molecule has 0 radical (unpaired) electrons. The van der Waals surface area contributed by atoms with E-state index in [0.29, 0.717) is 17.3 Å². The van der Waals surface area contributed by atoms with Crippen LogP contribution in [0.15, 0.2) is 53.4 Å². The summed E-state index contributed by atoms with van der Waals surface area (Å²) < 4.78 is 0. The maximum absolute atomic E-state index is 12.2. The summed E-state index contributed by atoms with van der Waals surface area (Å²) in [5.41, 5.74) is 1.87. The van der Waals surface area contributed by atoms with Crippen LogP contribution in [0.2, 0.25) is 5.02 Å². The number of thioether (sulfide) groups is 1. The topological polar surface area (TPSA) is 69.5 Å². The Balaban J connectivity index is 1.89. The number of benzene rings is 2. The predicted molar refractivity (Wildman–Crippen MR) is 98.1 cm³/mol. The van der Waals surface area contributed by atoms with Crippen LogP contribution in [0.4, 0.5) is 5.69 Å². The summed E-state index contributed by atoms with van der Waals surface area (Å²) in [7, 11) is 0. The molecule has 0 spiro atoms. The Labute approximate surface area is 151 Å².